The maximum atomic E-state index is 9.39. The monoisotopic (exact) mass is 198 g/mol. The molecule has 0 aliphatic rings. The molecule has 0 aromatic carbocycles. The third-order valence-corrected chi connectivity index (χ3v) is 2.09. The van der Waals surface area contributed by atoms with Gasteiger partial charge in [0.2, 0.25) is 0 Å². The fourth-order valence-corrected chi connectivity index (χ4v) is 1.17. The number of hydrogen-bond donors (Lipinski definition) is 2. The molecule has 0 amide bonds. The van der Waals surface area contributed by atoms with Gasteiger partial charge in [0, 0.05) is 6.20 Å². The van der Waals surface area contributed by atoms with Crippen LogP contribution in [-0.4, -0.2) is 32.7 Å². The molecule has 3 N–H and O–H groups in total. The number of hydrogen-bond acceptors (Lipinski definition) is 4. The van der Waals surface area contributed by atoms with Crippen LogP contribution in [0.2, 0.25) is 0 Å². The Balaban J connectivity index is 2.42. The molecule has 5 heteroatoms. The first-order chi connectivity index (χ1) is 6.76. The van der Waals surface area contributed by atoms with Gasteiger partial charge in [-0.05, 0) is 25.8 Å². The molecule has 0 saturated carbocycles. The fraction of sp³-hybridized carbons (Fsp3) is 0.778. The number of aliphatic hydroxyl groups is 1. The largest absolute Gasteiger partial charge is 0.391 e. The smallest absolute Gasteiger partial charge is 0.0827 e. The number of rotatable bonds is 6. The van der Waals surface area contributed by atoms with Crippen molar-refractivity contribution in [3.05, 3.63) is 11.9 Å². The van der Waals surface area contributed by atoms with Crippen LogP contribution in [0.3, 0.4) is 0 Å². The van der Waals surface area contributed by atoms with Crippen LogP contribution in [0.15, 0.2) is 6.20 Å². The van der Waals surface area contributed by atoms with Crippen LogP contribution in [0, 0.1) is 0 Å². The highest BCUT2D eigenvalue weighted by molar-refractivity contribution is 4.92. The van der Waals surface area contributed by atoms with Gasteiger partial charge in [0.1, 0.15) is 0 Å². The maximum Gasteiger partial charge on any atom is 0.0827 e. The molecule has 1 aromatic rings. The van der Waals surface area contributed by atoms with Crippen molar-refractivity contribution in [3.63, 3.8) is 0 Å². The van der Waals surface area contributed by atoms with Crippen LogP contribution in [0.5, 0.6) is 0 Å². The van der Waals surface area contributed by atoms with E-state index in [1.807, 2.05) is 13.1 Å². The SMILES string of the molecule is CCC(O)Cn1cc(CCCN)nn1. The summed E-state index contributed by atoms with van der Waals surface area (Å²) in [6.07, 6.45) is 4.05. The molecular weight excluding hydrogens is 180 g/mol. The molecular formula is C9H18N4O. The summed E-state index contributed by atoms with van der Waals surface area (Å²) < 4.78 is 1.68. The summed E-state index contributed by atoms with van der Waals surface area (Å²) in [4.78, 5) is 0. The van der Waals surface area contributed by atoms with Gasteiger partial charge in [0.25, 0.3) is 0 Å². The second-order valence-electron chi connectivity index (χ2n) is 3.39. The molecule has 0 bridgehead atoms. The molecule has 1 aromatic heterocycles. The Kier molecular flexibility index (Phi) is 4.55. The molecule has 5 nitrogen and oxygen atoms in total. The summed E-state index contributed by atoms with van der Waals surface area (Å²) in [6, 6.07) is 0. The Morgan fingerprint density at radius 2 is 2.43 bits per heavy atom. The van der Waals surface area contributed by atoms with E-state index in [0.29, 0.717) is 13.1 Å². The highest BCUT2D eigenvalue weighted by Gasteiger charge is 2.04. The molecule has 0 aliphatic carbocycles. The van der Waals surface area contributed by atoms with E-state index in [1.54, 1.807) is 4.68 Å². The molecule has 1 atom stereocenters. The van der Waals surface area contributed by atoms with Gasteiger partial charge in [-0.25, -0.2) is 4.68 Å². The van der Waals surface area contributed by atoms with Crippen molar-refractivity contribution < 1.29 is 5.11 Å². The molecule has 0 fully saturated rings. The van der Waals surface area contributed by atoms with Crippen molar-refractivity contribution in [2.75, 3.05) is 6.54 Å². The van der Waals surface area contributed by atoms with Crippen LogP contribution >= 0.6 is 0 Å². The average molecular weight is 198 g/mol. The van der Waals surface area contributed by atoms with Crippen LogP contribution in [0.4, 0.5) is 0 Å². The Labute approximate surface area is 83.9 Å². The second-order valence-corrected chi connectivity index (χ2v) is 3.39. The summed E-state index contributed by atoms with van der Waals surface area (Å²) in [6.45, 7) is 3.13. The van der Waals surface area contributed by atoms with E-state index < -0.39 is 0 Å². The third kappa shape index (κ3) is 3.43. The first kappa shape index (κ1) is 11.1. The number of aliphatic hydroxyl groups excluding tert-OH is 1. The number of aryl methyl sites for hydroxylation is 1. The molecule has 0 saturated heterocycles. The van der Waals surface area contributed by atoms with Gasteiger partial charge >= 0.3 is 0 Å². The summed E-state index contributed by atoms with van der Waals surface area (Å²) in [5.41, 5.74) is 6.33. The van der Waals surface area contributed by atoms with Gasteiger partial charge < -0.3 is 10.8 Å². The van der Waals surface area contributed by atoms with E-state index >= 15 is 0 Å². The van der Waals surface area contributed by atoms with Gasteiger partial charge in [-0.3, -0.25) is 0 Å². The quantitative estimate of drug-likeness (QED) is 0.671. The normalized spacial score (nSPS) is 13.1. The lowest BCUT2D eigenvalue weighted by Crippen LogP contribution is -2.15. The zero-order valence-corrected chi connectivity index (χ0v) is 8.56. The van der Waals surface area contributed by atoms with Gasteiger partial charge in [0.05, 0.1) is 18.3 Å². The van der Waals surface area contributed by atoms with E-state index in [1.165, 1.54) is 0 Å². The Morgan fingerprint density at radius 1 is 1.64 bits per heavy atom. The number of nitrogens with two attached hydrogens (primary N) is 1. The van der Waals surface area contributed by atoms with E-state index in [9.17, 15) is 5.11 Å². The van der Waals surface area contributed by atoms with Crippen LogP contribution in [-0.2, 0) is 13.0 Å². The molecule has 14 heavy (non-hydrogen) atoms. The summed E-state index contributed by atoms with van der Waals surface area (Å²) >= 11 is 0. The molecule has 80 valence electrons. The zero-order valence-electron chi connectivity index (χ0n) is 8.56. The first-order valence-corrected chi connectivity index (χ1v) is 5.03. The van der Waals surface area contributed by atoms with E-state index in [0.717, 1.165) is 25.0 Å². The minimum absolute atomic E-state index is 0.334. The Hall–Kier alpha value is -0.940. The molecule has 0 spiro atoms. The highest BCUT2D eigenvalue weighted by Crippen LogP contribution is 1.99. The number of aromatic nitrogens is 3. The Bertz CT molecular complexity index is 261. The fourth-order valence-electron chi connectivity index (χ4n) is 1.17. The van der Waals surface area contributed by atoms with Crippen molar-refractivity contribution >= 4 is 0 Å². The highest BCUT2D eigenvalue weighted by atomic mass is 16.3. The maximum absolute atomic E-state index is 9.39. The molecule has 0 radical (unpaired) electrons. The lowest BCUT2D eigenvalue weighted by atomic mass is 10.2. The van der Waals surface area contributed by atoms with E-state index in [-0.39, 0.29) is 6.10 Å². The second kappa shape index (κ2) is 5.72. The first-order valence-electron chi connectivity index (χ1n) is 5.03. The molecule has 0 aliphatic heterocycles. The van der Waals surface area contributed by atoms with Crippen molar-refractivity contribution in [3.8, 4) is 0 Å². The molecule has 1 unspecified atom stereocenters. The Morgan fingerprint density at radius 3 is 3.07 bits per heavy atom. The van der Waals surface area contributed by atoms with Crippen molar-refractivity contribution in [2.45, 2.75) is 38.8 Å². The minimum Gasteiger partial charge on any atom is -0.391 e. The summed E-state index contributed by atoms with van der Waals surface area (Å²) in [7, 11) is 0. The van der Waals surface area contributed by atoms with Crippen molar-refractivity contribution in [1.29, 1.82) is 0 Å². The van der Waals surface area contributed by atoms with Gasteiger partial charge in [-0.2, -0.15) is 0 Å². The van der Waals surface area contributed by atoms with Crippen LogP contribution in [0.1, 0.15) is 25.5 Å². The zero-order chi connectivity index (χ0) is 10.4. The summed E-state index contributed by atoms with van der Waals surface area (Å²) in [5, 5.41) is 17.3. The molecule has 1 heterocycles. The average Bonchev–Trinajstić information content (AvgIpc) is 2.62. The minimum atomic E-state index is -0.334. The summed E-state index contributed by atoms with van der Waals surface area (Å²) in [5.74, 6) is 0. The molecule has 1 rings (SSSR count). The van der Waals surface area contributed by atoms with Crippen molar-refractivity contribution in [2.24, 2.45) is 5.73 Å². The predicted molar refractivity (Wildman–Crippen MR) is 53.7 cm³/mol. The number of nitrogens with zero attached hydrogens (tertiary/aromatic N) is 3. The topological polar surface area (TPSA) is 77.0 Å². The predicted octanol–water partition coefficient (Wildman–Crippen LogP) is -0.0597. The lowest BCUT2D eigenvalue weighted by Gasteiger charge is -2.05. The van der Waals surface area contributed by atoms with E-state index in [4.69, 9.17) is 5.73 Å². The van der Waals surface area contributed by atoms with Crippen LogP contribution in [0.25, 0.3) is 0 Å². The standard InChI is InChI=1S/C9H18N4O/c1-2-9(14)7-13-6-8(11-12-13)4-3-5-10/h6,9,14H,2-5,7,10H2,1H3. The van der Waals surface area contributed by atoms with Crippen LogP contribution < -0.4 is 5.73 Å². The van der Waals surface area contributed by atoms with Gasteiger partial charge in [0.15, 0.2) is 0 Å². The van der Waals surface area contributed by atoms with E-state index in [2.05, 4.69) is 10.3 Å². The third-order valence-electron chi connectivity index (χ3n) is 2.09. The van der Waals surface area contributed by atoms with Gasteiger partial charge in [-0.1, -0.05) is 12.1 Å². The van der Waals surface area contributed by atoms with Gasteiger partial charge in [-0.15, -0.1) is 5.10 Å². The lowest BCUT2D eigenvalue weighted by molar-refractivity contribution is 0.144. The van der Waals surface area contributed by atoms with Crippen molar-refractivity contribution in [1.82, 2.24) is 15.0 Å².